The molecule has 1 nitrogen and oxygen atoms in total. The van der Waals surface area contributed by atoms with Gasteiger partial charge in [-0.15, -0.1) is 0 Å². The normalized spacial score (nSPS) is 10.8. The highest BCUT2D eigenvalue weighted by Gasteiger charge is 2.06. The Labute approximate surface area is 104 Å². The lowest BCUT2D eigenvalue weighted by Crippen LogP contribution is -1.93. The molecule has 0 atom stereocenters. The molecule has 0 aliphatic carbocycles. The van der Waals surface area contributed by atoms with E-state index in [-0.39, 0.29) is 8.46 Å². The Kier molecular flexibility index (Phi) is 3.40. The molecule has 2 aromatic rings. The Balaban J connectivity index is 2.56. The van der Waals surface area contributed by atoms with Gasteiger partial charge in [0.1, 0.15) is 0 Å². The summed E-state index contributed by atoms with van der Waals surface area (Å²) in [4.78, 5) is 0. The number of aryl methyl sites for hydroxylation is 3. The quantitative estimate of drug-likeness (QED) is 0.721. The van der Waals surface area contributed by atoms with E-state index in [0.29, 0.717) is 0 Å². The van der Waals surface area contributed by atoms with Crippen LogP contribution in [0.5, 0.6) is 0 Å². The van der Waals surface area contributed by atoms with Crippen molar-refractivity contribution < 1.29 is 4.57 Å². The lowest BCUT2D eigenvalue weighted by atomic mass is 9.94. The number of hydrogen-bond acceptors (Lipinski definition) is 1. The molecule has 0 radical (unpaired) electrons. The summed E-state index contributed by atoms with van der Waals surface area (Å²) < 4.78 is 10.7. The van der Waals surface area contributed by atoms with E-state index in [0.717, 1.165) is 5.30 Å². The molecular formula is C15H15OP. The van der Waals surface area contributed by atoms with Gasteiger partial charge in [0.05, 0.1) is 0 Å². The first-order valence-electron chi connectivity index (χ1n) is 5.63. The van der Waals surface area contributed by atoms with Gasteiger partial charge in [-0.25, -0.2) is 0 Å². The van der Waals surface area contributed by atoms with Gasteiger partial charge in [-0.3, -0.25) is 4.57 Å². The van der Waals surface area contributed by atoms with Crippen molar-refractivity contribution in [3.05, 3.63) is 53.1 Å². The molecule has 0 aromatic heterocycles. The Morgan fingerprint density at radius 3 is 1.88 bits per heavy atom. The van der Waals surface area contributed by atoms with Gasteiger partial charge in [0.15, 0.2) is 8.46 Å². The summed E-state index contributed by atoms with van der Waals surface area (Å²) >= 11 is 0. The van der Waals surface area contributed by atoms with Gasteiger partial charge >= 0.3 is 0 Å². The van der Waals surface area contributed by atoms with E-state index in [4.69, 9.17) is 0 Å². The van der Waals surface area contributed by atoms with Gasteiger partial charge < -0.3 is 0 Å². The monoisotopic (exact) mass is 242 g/mol. The van der Waals surface area contributed by atoms with Gasteiger partial charge in [0, 0.05) is 5.30 Å². The van der Waals surface area contributed by atoms with Crippen LogP contribution in [0.2, 0.25) is 0 Å². The standard InChI is InChI=1S/C15H15OP/c1-10-8-11(2)15(12(3)9-10)13-4-6-14(17-16)7-5-13/h4-9H,1-3H3. The minimum Gasteiger partial charge on any atom is -0.269 e. The second kappa shape index (κ2) is 4.81. The predicted molar refractivity (Wildman–Crippen MR) is 73.3 cm³/mol. The maximum Gasteiger partial charge on any atom is 0.192 e. The zero-order valence-corrected chi connectivity index (χ0v) is 11.2. The summed E-state index contributed by atoms with van der Waals surface area (Å²) in [5.41, 5.74) is 6.33. The van der Waals surface area contributed by atoms with Crippen LogP contribution in [0.25, 0.3) is 11.1 Å². The molecule has 0 aliphatic rings. The van der Waals surface area contributed by atoms with Crippen molar-refractivity contribution in [3.63, 3.8) is 0 Å². The molecule has 86 valence electrons. The first-order chi connectivity index (χ1) is 8.11. The molecule has 17 heavy (non-hydrogen) atoms. The molecule has 0 unspecified atom stereocenters. The molecule has 0 aliphatic heterocycles. The molecular weight excluding hydrogens is 227 g/mol. The molecule has 0 saturated heterocycles. The summed E-state index contributed by atoms with van der Waals surface area (Å²) in [5.74, 6) is 0. The Hall–Kier alpha value is -1.46. The minimum atomic E-state index is 0.0801. The minimum absolute atomic E-state index is 0.0801. The van der Waals surface area contributed by atoms with Gasteiger partial charge in [0.25, 0.3) is 0 Å². The molecule has 0 spiro atoms. The summed E-state index contributed by atoms with van der Waals surface area (Å²) in [6.45, 7) is 6.38. The van der Waals surface area contributed by atoms with Crippen LogP contribution in [-0.4, -0.2) is 0 Å². The van der Waals surface area contributed by atoms with Crippen LogP contribution in [0.1, 0.15) is 16.7 Å². The Bertz CT molecular complexity index is 533. The topological polar surface area (TPSA) is 17.1 Å². The molecule has 0 amide bonds. The molecule has 0 heterocycles. The van der Waals surface area contributed by atoms with Gasteiger partial charge in [-0.05, 0) is 55.2 Å². The average molecular weight is 242 g/mol. The van der Waals surface area contributed by atoms with Crippen molar-refractivity contribution in [1.29, 1.82) is 0 Å². The predicted octanol–water partition coefficient (Wildman–Crippen LogP) is 4.20. The van der Waals surface area contributed by atoms with Crippen molar-refractivity contribution in [2.75, 3.05) is 0 Å². The maximum atomic E-state index is 10.7. The number of benzene rings is 2. The van der Waals surface area contributed by atoms with E-state index in [9.17, 15) is 4.57 Å². The third-order valence-electron chi connectivity index (χ3n) is 2.94. The van der Waals surface area contributed by atoms with Crippen LogP contribution in [-0.2, 0) is 4.57 Å². The lowest BCUT2D eigenvalue weighted by Gasteiger charge is -2.11. The van der Waals surface area contributed by atoms with E-state index in [2.05, 4.69) is 32.9 Å². The highest BCUT2D eigenvalue weighted by atomic mass is 31.1. The highest BCUT2D eigenvalue weighted by molar-refractivity contribution is 7.34. The van der Waals surface area contributed by atoms with Crippen LogP contribution in [0, 0.1) is 20.8 Å². The Morgan fingerprint density at radius 1 is 0.882 bits per heavy atom. The lowest BCUT2D eigenvalue weighted by molar-refractivity contribution is 0.603. The SMILES string of the molecule is Cc1cc(C)c(-c2ccc(P=O)cc2)c(C)c1. The van der Waals surface area contributed by atoms with E-state index in [1.807, 2.05) is 24.3 Å². The van der Waals surface area contributed by atoms with Gasteiger partial charge in [-0.1, -0.05) is 29.8 Å². The second-order valence-corrected chi connectivity index (χ2v) is 5.11. The van der Waals surface area contributed by atoms with E-state index in [1.165, 1.54) is 27.8 Å². The first-order valence-corrected chi connectivity index (χ1v) is 6.44. The summed E-state index contributed by atoms with van der Waals surface area (Å²) in [7, 11) is 0.0801. The molecule has 2 rings (SSSR count). The van der Waals surface area contributed by atoms with E-state index < -0.39 is 0 Å². The highest BCUT2D eigenvalue weighted by Crippen LogP contribution is 2.27. The molecule has 2 heteroatoms. The largest absolute Gasteiger partial charge is 0.269 e. The van der Waals surface area contributed by atoms with Crippen LogP contribution >= 0.6 is 8.46 Å². The van der Waals surface area contributed by atoms with Crippen molar-refractivity contribution in [2.24, 2.45) is 0 Å². The van der Waals surface area contributed by atoms with E-state index in [1.54, 1.807) is 0 Å². The fourth-order valence-corrected chi connectivity index (χ4v) is 2.60. The van der Waals surface area contributed by atoms with Crippen molar-refractivity contribution in [2.45, 2.75) is 20.8 Å². The fourth-order valence-electron chi connectivity index (χ4n) is 2.32. The smallest absolute Gasteiger partial charge is 0.192 e. The van der Waals surface area contributed by atoms with Gasteiger partial charge in [-0.2, -0.15) is 0 Å². The second-order valence-electron chi connectivity index (χ2n) is 4.41. The van der Waals surface area contributed by atoms with Gasteiger partial charge in [0.2, 0.25) is 0 Å². The van der Waals surface area contributed by atoms with Crippen molar-refractivity contribution >= 4 is 13.8 Å². The van der Waals surface area contributed by atoms with Crippen LogP contribution < -0.4 is 5.30 Å². The zero-order valence-electron chi connectivity index (χ0n) is 10.3. The Morgan fingerprint density at radius 2 is 1.41 bits per heavy atom. The summed E-state index contributed by atoms with van der Waals surface area (Å²) in [6.07, 6.45) is 0. The van der Waals surface area contributed by atoms with Crippen LogP contribution in [0.4, 0.5) is 0 Å². The first kappa shape index (κ1) is 12.0. The zero-order chi connectivity index (χ0) is 12.4. The van der Waals surface area contributed by atoms with E-state index >= 15 is 0 Å². The molecule has 0 bridgehead atoms. The fraction of sp³-hybridized carbons (Fsp3) is 0.200. The third-order valence-corrected chi connectivity index (χ3v) is 3.45. The van der Waals surface area contributed by atoms with Crippen molar-refractivity contribution in [3.8, 4) is 11.1 Å². The average Bonchev–Trinajstić information content (AvgIpc) is 2.28. The maximum absolute atomic E-state index is 10.7. The third kappa shape index (κ3) is 2.45. The number of hydrogen-bond donors (Lipinski definition) is 0. The summed E-state index contributed by atoms with van der Waals surface area (Å²) in [6, 6.07) is 12.3. The molecule has 0 saturated carbocycles. The number of rotatable bonds is 2. The molecule has 2 aromatic carbocycles. The van der Waals surface area contributed by atoms with Crippen LogP contribution in [0.15, 0.2) is 36.4 Å². The molecule has 0 fully saturated rings. The van der Waals surface area contributed by atoms with Crippen molar-refractivity contribution in [1.82, 2.24) is 0 Å². The van der Waals surface area contributed by atoms with Crippen LogP contribution in [0.3, 0.4) is 0 Å². The summed E-state index contributed by atoms with van der Waals surface area (Å²) in [5, 5.41) is 0.816. The molecule has 0 N–H and O–H groups in total.